The molecule has 0 aliphatic rings. The third kappa shape index (κ3) is 4.82. The molecule has 1 aromatic carbocycles. The summed E-state index contributed by atoms with van der Waals surface area (Å²) >= 11 is 11.3. The van der Waals surface area contributed by atoms with Crippen LogP contribution >= 0.6 is 23.2 Å². The monoisotopic (exact) mass is 379 g/mol. The summed E-state index contributed by atoms with van der Waals surface area (Å²) in [5, 5.41) is 17.2. The van der Waals surface area contributed by atoms with Crippen LogP contribution < -0.4 is 9.88 Å². The quantitative estimate of drug-likeness (QED) is 0.710. The molecule has 0 saturated carbocycles. The van der Waals surface area contributed by atoms with Crippen molar-refractivity contribution in [1.29, 1.82) is 0 Å². The lowest BCUT2D eigenvalue weighted by molar-refractivity contribution is 0.288. The molecule has 7 nitrogen and oxygen atoms in total. The molecule has 0 aliphatic heterocycles. The predicted octanol–water partition coefficient (Wildman–Crippen LogP) is 1.58. The lowest BCUT2D eigenvalue weighted by Gasteiger charge is -2.09. The Kier molecular flexibility index (Phi) is 5.88. The molecule has 0 aliphatic carbocycles. The Balaban J connectivity index is 2.37. The highest BCUT2D eigenvalue weighted by atomic mass is 35.5. The Hall–Kier alpha value is -1.32. The Morgan fingerprint density at radius 2 is 1.96 bits per heavy atom. The van der Waals surface area contributed by atoms with E-state index in [-0.39, 0.29) is 11.5 Å². The van der Waals surface area contributed by atoms with Crippen LogP contribution in [0.3, 0.4) is 0 Å². The first-order chi connectivity index (χ1) is 10.8. The number of aliphatic hydroxyl groups is 1. The predicted molar refractivity (Wildman–Crippen MR) is 86.5 cm³/mol. The van der Waals surface area contributed by atoms with Gasteiger partial charge in [0.25, 0.3) is 0 Å². The molecule has 1 heterocycles. The highest BCUT2D eigenvalue weighted by Crippen LogP contribution is 2.24. The minimum atomic E-state index is -3.77. The number of nitrogens with two attached hydrogens (primary N) is 1. The molecule has 1 aromatic heterocycles. The lowest BCUT2D eigenvalue weighted by atomic mass is 10.2. The molecular weight excluding hydrogens is 365 g/mol. The van der Waals surface area contributed by atoms with Crippen LogP contribution in [0.2, 0.25) is 0 Å². The molecule has 0 fully saturated rings. The van der Waals surface area contributed by atoms with Crippen molar-refractivity contribution < 1.29 is 18.3 Å². The SMILES string of the molecule is NS(=O)(=O)c1ccc(-n2nc(CCCO)cc2OC(Cl)Cl)cc1. The van der Waals surface area contributed by atoms with Crippen LogP contribution in [0.15, 0.2) is 35.2 Å². The van der Waals surface area contributed by atoms with Crippen molar-refractivity contribution in [1.82, 2.24) is 9.78 Å². The van der Waals surface area contributed by atoms with E-state index in [1.165, 1.54) is 28.9 Å². The zero-order valence-electron chi connectivity index (χ0n) is 11.9. The Morgan fingerprint density at radius 1 is 1.30 bits per heavy atom. The molecule has 0 unspecified atom stereocenters. The summed E-state index contributed by atoms with van der Waals surface area (Å²) in [6.45, 7) is 0.0414. The van der Waals surface area contributed by atoms with E-state index in [9.17, 15) is 8.42 Å². The van der Waals surface area contributed by atoms with Gasteiger partial charge in [0.05, 0.1) is 16.3 Å². The van der Waals surface area contributed by atoms with Gasteiger partial charge in [-0.25, -0.2) is 18.2 Å². The zero-order valence-corrected chi connectivity index (χ0v) is 14.2. The van der Waals surface area contributed by atoms with Crippen LogP contribution in [0.5, 0.6) is 5.88 Å². The third-order valence-electron chi connectivity index (χ3n) is 2.94. The first kappa shape index (κ1) is 18.0. The second kappa shape index (κ2) is 7.50. The van der Waals surface area contributed by atoms with Gasteiger partial charge in [-0.05, 0) is 37.1 Å². The number of rotatable bonds is 7. The number of ether oxygens (including phenoxy) is 1. The van der Waals surface area contributed by atoms with E-state index in [0.29, 0.717) is 30.1 Å². The largest absolute Gasteiger partial charge is 0.444 e. The topological polar surface area (TPSA) is 107 Å². The molecule has 0 spiro atoms. The van der Waals surface area contributed by atoms with E-state index in [4.69, 9.17) is 38.2 Å². The second-order valence-corrected chi connectivity index (χ2v) is 7.21. The van der Waals surface area contributed by atoms with Crippen molar-refractivity contribution in [2.45, 2.75) is 22.8 Å². The van der Waals surface area contributed by atoms with Gasteiger partial charge >= 0.3 is 0 Å². The first-order valence-electron chi connectivity index (χ1n) is 6.59. The van der Waals surface area contributed by atoms with Gasteiger partial charge < -0.3 is 9.84 Å². The average molecular weight is 380 g/mol. The number of primary sulfonamides is 1. The summed E-state index contributed by atoms with van der Waals surface area (Å²) < 4.78 is 29.3. The molecule has 23 heavy (non-hydrogen) atoms. The smallest absolute Gasteiger partial charge is 0.249 e. The highest BCUT2D eigenvalue weighted by molar-refractivity contribution is 7.89. The van der Waals surface area contributed by atoms with Crippen molar-refractivity contribution in [3.05, 3.63) is 36.0 Å². The van der Waals surface area contributed by atoms with Crippen LogP contribution in [0.1, 0.15) is 12.1 Å². The fraction of sp³-hybridized carbons (Fsp3) is 0.308. The van der Waals surface area contributed by atoms with Gasteiger partial charge in [0.15, 0.2) is 0 Å². The van der Waals surface area contributed by atoms with E-state index >= 15 is 0 Å². The number of halogens is 2. The maximum Gasteiger partial charge on any atom is 0.249 e. The van der Waals surface area contributed by atoms with Crippen molar-refractivity contribution in [2.24, 2.45) is 5.14 Å². The molecule has 2 aromatic rings. The molecule has 2 rings (SSSR count). The van der Waals surface area contributed by atoms with Crippen molar-refractivity contribution in [3.63, 3.8) is 0 Å². The molecule has 0 atom stereocenters. The third-order valence-corrected chi connectivity index (χ3v) is 4.05. The summed E-state index contributed by atoms with van der Waals surface area (Å²) in [5.74, 6) is 0.302. The fourth-order valence-corrected chi connectivity index (χ4v) is 2.63. The first-order valence-corrected chi connectivity index (χ1v) is 9.01. The van der Waals surface area contributed by atoms with Gasteiger partial charge in [0.1, 0.15) is 0 Å². The van der Waals surface area contributed by atoms with Gasteiger partial charge in [-0.3, -0.25) is 0 Å². The van der Waals surface area contributed by atoms with E-state index in [2.05, 4.69) is 5.10 Å². The summed E-state index contributed by atoms with van der Waals surface area (Å²) in [4.78, 5) is -0.0102. The number of alkyl halides is 2. The molecular formula is C13H15Cl2N3O4S. The Labute approximate surface area is 143 Å². The van der Waals surface area contributed by atoms with Gasteiger partial charge in [0.2, 0.25) is 20.9 Å². The molecule has 0 amide bonds. The zero-order chi connectivity index (χ0) is 17.0. The van der Waals surface area contributed by atoms with Crippen LogP contribution in [-0.2, 0) is 16.4 Å². The van der Waals surface area contributed by atoms with Crippen molar-refractivity contribution in [2.75, 3.05) is 6.61 Å². The van der Waals surface area contributed by atoms with E-state index in [0.717, 1.165) is 0 Å². The number of aromatic nitrogens is 2. The Morgan fingerprint density at radius 3 is 2.48 bits per heavy atom. The van der Waals surface area contributed by atoms with Gasteiger partial charge in [-0.2, -0.15) is 5.10 Å². The number of hydrogen-bond donors (Lipinski definition) is 2. The number of benzene rings is 1. The van der Waals surface area contributed by atoms with Crippen molar-refractivity contribution >= 4 is 33.2 Å². The average Bonchev–Trinajstić information content (AvgIpc) is 2.86. The van der Waals surface area contributed by atoms with Crippen LogP contribution in [0, 0.1) is 0 Å². The Bertz CT molecular complexity index is 760. The van der Waals surface area contributed by atoms with Crippen LogP contribution in [0.25, 0.3) is 5.69 Å². The minimum absolute atomic E-state index is 0.0102. The maximum absolute atomic E-state index is 11.3. The molecule has 3 N–H and O–H groups in total. The summed E-state index contributed by atoms with van der Waals surface area (Å²) in [6, 6.07) is 7.45. The van der Waals surface area contributed by atoms with Crippen LogP contribution in [-0.4, -0.2) is 34.9 Å². The molecule has 10 heteroatoms. The second-order valence-electron chi connectivity index (χ2n) is 4.63. The van der Waals surface area contributed by atoms with Gasteiger partial charge in [0, 0.05) is 12.7 Å². The van der Waals surface area contributed by atoms with Gasteiger partial charge in [-0.15, -0.1) is 0 Å². The number of sulfonamides is 1. The van der Waals surface area contributed by atoms with Crippen molar-refractivity contribution in [3.8, 4) is 11.6 Å². The van der Waals surface area contributed by atoms with E-state index in [1.54, 1.807) is 6.07 Å². The number of nitrogens with zero attached hydrogens (tertiary/aromatic N) is 2. The van der Waals surface area contributed by atoms with Gasteiger partial charge in [-0.1, -0.05) is 23.2 Å². The number of aryl methyl sites for hydroxylation is 1. The lowest BCUT2D eigenvalue weighted by Crippen LogP contribution is -2.12. The summed E-state index contributed by atoms with van der Waals surface area (Å²) in [6.07, 6.45) is 1.09. The normalized spacial score (nSPS) is 11.9. The number of hydrogen-bond acceptors (Lipinski definition) is 5. The minimum Gasteiger partial charge on any atom is -0.444 e. The summed E-state index contributed by atoms with van der Waals surface area (Å²) in [7, 11) is -3.77. The van der Waals surface area contributed by atoms with E-state index in [1.807, 2.05) is 0 Å². The van der Waals surface area contributed by atoms with Crippen LogP contribution in [0.4, 0.5) is 0 Å². The molecule has 0 saturated heterocycles. The summed E-state index contributed by atoms with van der Waals surface area (Å²) in [5.41, 5.74) is 1.23. The molecule has 126 valence electrons. The maximum atomic E-state index is 11.3. The molecule has 0 radical (unpaired) electrons. The standard InChI is InChI=1S/C13H15Cl2N3O4S/c14-13(15)22-12-8-9(2-1-7-19)17-18(12)10-3-5-11(6-4-10)23(16,20)21/h3-6,8,13,19H,1-2,7H2,(H2,16,20,21). The number of aliphatic hydroxyl groups excluding tert-OH is 1. The van der Waals surface area contributed by atoms with E-state index < -0.39 is 15.0 Å². The fourth-order valence-electron chi connectivity index (χ4n) is 1.93. The molecule has 0 bridgehead atoms. The highest BCUT2D eigenvalue weighted by Gasteiger charge is 2.15.